The van der Waals surface area contributed by atoms with Gasteiger partial charge >= 0.3 is 0 Å². The molecule has 1 heterocycles. The van der Waals surface area contributed by atoms with Gasteiger partial charge in [-0.3, -0.25) is 9.35 Å². The van der Waals surface area contributed by atoms with E-state index in [0.717, 1.165) is 0 Å². The molecular formula is C16H16N4O3S. The van der Waals surface area contributed by atoms with Crippen molar-refractivity contribution in [2.45, 2.75) is 6.04 Å². The summed E-state index contributed by atoms with van der Waals surface area (Å²) in [6.45, 7) is 7.45. The Morgan fingerprint density at radius 2 is 1.96 bits per heavy atom. The highest BCUT2D eigenvalue weighted by Crippen LogP contribution is 2.27. The molecule has 0 aliphatic carbocycles. The topological polar surface area (TPSA) is 96.3 Å². The SMILES string of the molecule is C=CCN(C(C=C)c1ccccc1C(=O)c1ncncn1)S(=O)O. The van der Waals surface area contributed by atoms with Crippen molar-refractivity contribution in [2.24, 2.45) is 0 Å². The van der Waals surface area contributed by atoms with E-state index in [1.54, 1.807) is 24.3 Å². The van der Waals surface area contributed by atoms with Gasteiger partial charge in [0, 0.05) is 12.1 Å². The minimum Gasteiger partial charge on any atom is -0.294 e. The van der Waals surface area contributed by atoms with Crippen LogP contribution in [0.4, 0.5) is 0 Å². The number of hydrogen-bond acceptors (Lipinski definition) is 5. The van der Waals surface area contributed by atoms with Crippen molar-refractivity contribution in [3.05, 3.63) is 79.2 Å². The highest BCUT2D eigenvalue weighted by molar-refractivity contribution is 7.76. The Morgan fingerprint density at radius 3 is 2.54 bits per heavy atom. The first-order chi connectivity index (χ1) is 11.6. The predicted molar refractivity (Wildman–Crippen MR) is 90.3 cm³/mol. The van der Waals surface area contributed by atoms with E-state index in [9.17, 15) is 13.6 Å². The van der Waals surface area contributed by atoms with Crippen LogP contribution in [0, 0.1) is 0 Å². The molecule has 0 saturated carbocycles. The molecule has 2 atom stereocenters. The molecule has 1 aromatic heterocycles. The Hall–Kier alpha value is -2.55. The Bertz CT molecular complexity index is 767. The fourth-order valence-corrected chi connectivity index (χ4v) is 2.87. The smallest absolute Gasteiger partial charge is 0.235 e. The molecule has 0 aliphatic rings. The van der Waals surface area contributed by atoms with Crippen LogP contribution >= 0.6 is 0 Å². The van der Waals surface area contributed by atoms with Crippen molar-refractivity contribution in [1.82, 2.24) is 19.3 Å². The summed E-state index contributed by atoms with van der Waals surface area (Å²) in [6, 6.07) is 6.10. The lowest BCUT2D eigenvalue weighted by Gasteiger charge is -2.26. The molecular weight excluding hydrogens is 328 g/mol. The number of ketones is 1. The molecule has 0 saturated heterocycles. The van der Waals surface area contributed by atoms with Crippen molar-refractivity contribution >= 4 is 17.0 Å². The molecule has 2 rings (SSSR count). The van der Waals surface area contributed by atoms with Crippen molar-refractivity contribution in [3.8, 4) is 0 Å². The molecule has 1 aromatic carbocycles. The van der Waals surface area contributed by atoms with Crippen LogP contribution in [0.3, 0.4) is 0 Å². The van der Waals surface area contributed by atoms with E-state index in [2.05, 4.69) is 28.1 Å². The molecule has 0 fully saturated rings. The average Bonchev–Trinajstić information content (AvgIpc) is 2.62. The van der Waals surface area contributed by atoms with E-state index in [4.69, 9.17) is 0 Å². The third-order valence-electron chi connectivity index (χ3n) is 3.26. The summed E-state index contributed by atoms with van der Waals surface area (Å²) in [5, 5.41) is 0. The maximum atomic E-state index is 12.7. The Labute approximate surface area is 142 Å². The normalized spacial score (nSPS) is 13.2. The molecule has 0 amide bonds. The first-order valence-electron chi connectivity index (χ1n) is 6.96. The molecule has 2 aromatic rings. The molecule has 0 bridgehead atoms. The summed E-state index contributed by atoms with van der Waals surface area (Å²) in [5.41, 5.74) is 0.857. The van der Waals surface area contributed by atoms with Gasteiger partial charge in [0.2, 0.25) is 22.9 Å². The lowest BCUT2D eigenvalue weighted by molar-refractivity contribution is 0.102. The number of nitrogens with zero attached hydrogens (tertiary/aromatic N) is 4. The van der Waals surface area contributed by atoms with Gasteiger partial charge in [-0.1, -0.05) is 36.4 Å². The predicted octanol–water partition coefficient (Wildman–Crippen LogP) is 1.95. The second-order valence-electron chi connectivity index (χ2n) is 4.68. The van der Waals surface area contributed by atoms with Crippen LogP contribution in [-0.2, 0) is 11.3 Å². The van der Waals surface area contributed by atoms with Gasteiger partial charge in [-0.15, -0.1) is 13.2 Å². The molecule has 0 spiro atoms. The number of carbonyl (C=O) groups is 1. The van der Waals surface area contributed by atoms with Gasteiger partial charge in [0.15, 0.2) is 0 Å². The molecule has 2 unspecified atom stereocenters. The molecule has 7 nitrogen and oxygen atoms in total. The van der Waals surface area contributed by atoms with Crippen LogP contribution in [0.2, 0.25) is 0 Å². The minimum absolute atomic E-state index is 0.000605. The first-order valence-corrected chi connectivity index (χ1v) is 8.03. The van der Waals surface area contributed by atoms with Gasteiger partial charge in [0.05, 0.1) is 6.04 Å². The van der Waals surface area contributed by atoms with E-state index in [1.807, 2.05) is 0 Å². The fourth-order valence-electron chi connectivity index (χ4n) is 2.24. The Kier molecular flexibility index (Phi) is 6.19. The zero-order valence-corrected chi connectivity index (χ0v) is 13.6. The number of rotatable bonds is 8. The summed E-state index contributed by atoms with van der Waals surface area (Å²) in [6.07, 6.45) is 5.47. The van der Waals surface area contributed by atoms with Crippen LogP contribution in [0.5, 0.6) is 0 Å². The molecule has 1 N–H and O–H groups in total. The second-order valence-corrected chi connectivity index (χ2v) is 5.61. The number of carbonyl (C=O) groups excluding carboxylic acids is 1. The number of aromatic nitrogens is 3. The summed E-state index contributed by atoms with van der Waals surface area (Å²) in [5.74, 6) is -0.400. The standard InChI is InChI=1S/C16H16N4O3S/c1-3-9-20(24(22)23)14(4-2)12-7-5-6-8-13(12)15(21)16-18-10-17-11-19-16/h3-8,10-11,14H,1-2,9H2,(H,22,23). The lowest BCUT2D eigenvalue weighted by Crippen LogP contribution is -2.30. The van der Waals surface area contributed by atoms with Crippen LogP contribution in [-0.4, -0.2) is 40.3 Å². The summed E-state index contributed by atoms with van der Waals surface area (Å²) in [4.78, 5) is 24.1. The average molecular weight is 344 g/mol. The molecule has 8 heteroatoms. The van der Waals surface area contributed by atoms with Crippen LogP contribution in [0.1, 0.15) is 27.8 Å². The van der Waals surface area contributed by atoms with Gasteiger partial charge in [-0.2, -0.15) is 4.31 Å². The van der Waals surface area contributed by atoms with Gasteiger partial charge in [-0.05, 0) is 5.56 Å². The molecule has 24 heavy (non-hydrogen) atoms. The zero-order chi connectivity index (χ0) is 17.5. The van der Waals surface area contributed by atoms with Crippen molar-refractivity contribution in [3.63, 3.8) is 0 Å². The highest BCUT2D eigenvalue weighted by Gasteiger charge is 2.26. The van der Waals surface area contributed by atoms with E-state index >= 15 is 0 Å². The van der Waals surface area contributed by atoms with Gasteiger partial charge in [0.1, 0.15) is 12.7 Å². The molecule has 0 aliphatic heterocycles. The maximum Gasteiger partial charge on any atom is 0.235 e. The second kappa shape index (κ2) is 8.34. The van der Waals surface area contributed by atoms with Crippen molar-refractivity contribution < 1.29 is 13.6 Å². The van der Waals surface area contributed by atoms with Crippen LogP contribution in [0.15, 0.2) is 62.2 Å². The highest BCUT2D eigenvalue weighted by atomic mass is 32.2. The zero-order valence-electron chi connectivity index (χ0n) is 12.8. The quantitative estimate of drug-likeness (QED) is 0.447. The summed E-state index contributed by atoms with van der Waals surface area (Å²) in [7, 11) is 0. The van der Waals surface area contributed by atoms with E-state index in [1.165, 1.54) is 29.1 Å². The molecule has 124 valence electrons. The van der Waals surface area contributed by atoms with Crippen molar-refractivity contribution in [1.29, 1.82) is 0 Å². The maximum absolute atomic E-state index is 12.7. The Balaban J connectivity index is 2.50. The van der Waals surface area contributed by atoms with Crippen LogP contribution in [0.25, 0.3) is 0 Å². The minimum atomic E-state index is -2.26. The number of benzene rings is 1. The van der Waals surface area contributed by atoms with Crippen LogP contribution < -0.4 is 0 Å². The lowest BCUT2D eigenvalue weighted by atomic mass is 9.97. The van der Waals surface area contributed by atoms with Crippen molar-refractivity contribution in [2.75, 3.05) is 6.54 Å². The summed E-state index contributed by atoms with van der Waals surface area (Å²) >= 11 is -2.26. The largest absolute Gasteiger partial charge is 0.294 e. The Morgan fingerprint density at radius 1 is 1.29 bits per heavy atom. The summed E-state index contributed by atoms with van der Waals surface area (Å²) < 4.78 is 22.4. The van der Waals surface area contributed by atoms with Gasteiger partial charge in [0.25, 0.3) is 0 Å². The van der Waals surface area contributed by atoms with E-state index < -0.39 is 23.1 Å². The van der Waals surface area contributed by atoms with Gasteiger partial charge < -0.3 is 0 Å². The van der Waals surface area contributed by atoms with Gasteiger partial charge in [-0.25, -0.2) is 19.2 Å². The third-order valence-corrected chi connectivity index (χ3v) is 4.04. The fraction of sp³-hybridized carbons (Fsp3) is 0.125. The number of hydrogen-bond donors (Lipinski definition) is 1. The third kappa shape index (κ3) is 3.85. The van der Waals surface area contributed by atoms with E-state index in [-0.39, 0.29) is 12.4 Å². The molecule has 0 radical (unpaired) electrons. The monoisotopic (exact) mass is 344 g/mol. The van der Waals surface area contributed by atoms with E-state index in [0.29, 0.717) is 11.1 Å². The first kappa shape index (κ1) is 17.8.